The lowest BCUT2D eigenvalue weighted by Gasteiger charge is -2.33. The van der Waals surface area contributed by atoms with Crippen LogP contribution in [0.25, 0.3) is 0 Å². The van der Waals surface area contributed by atoms with Crippen LogP contribution < -0.4 is 15.8 Å². The van der Waals surface area contributed by atoms with Gasteiger partial charge in [0.1, 0.15) is 5.02 Å². The number of hydrogen-bond donors (Lipinski definition) is 1. The van der Waals surface area contributed by atoms with Crippen LogP contribution in [-0.4, -0.2) is 36.5 Å². The van der Waals surface area contributed by atoms with Gasteiger partial charge in [-0.25, -0.2) is 4.68 Å². The van der Waals surface area contributed by atoms with Gasteiger partial charge < -0.3 is 10.2 Å². The summed E-state index contributed by atoms with van der Waals surface area (Å²) >= 11 is 6.18. The van der Waals surface area contributed by atoms with Gasteiger partial charge in [0.2, 0.25) is 0 Å². The van der Waals surface area contributed by atoms with E-state index in [1.54, 1.807) is 6.20 Å². The molecule has 0 atom stereocenters. The van der Waals surface area contributed by atoms with Crippen molar-refractivity contribution in [3.05, 3.63) is 21.6 Å². The molecule has 0 bridgehead atoms. The van der Waals surface area contributed by atoms with Crippen LogP contribution in [-0.2, 0) is 6.54 Å². The number of nitrogens with zero attached hydrogens (tertiary/aromatic N) is 3. The van der Waals surface area contributed by atoms with Crippen LogP contribution in [0.4, 0.5) is 5.69 Å². The number of anilines is 1. The first-order valence-corrected chi connectivity index (χ1v) is 7.20. The smallest absolute Gasteiger partial charge is 0.287 e. The van der Waals surface area contributed by atoms with Gasteiger partial charge in [0, 0.05) is 19.6 Å². The van der Waals surface area contributed by atoms with Crippen LogP contribution in [0, 0.1) is 5.92 Å². The Hall–Kier alpha value is -1.07. The minimum Gasteiger partial charge on any atom is -0.369 e. The molecule has 19 heavy (non-hydrogen) atoms. The Morgan fingerprint density at radius 2 is 2.16 bits per heavy atom. The normalized spacial score (nSPS) is 16.9. The van der Waals surface area contributed by atoms with Gasteiger partial charge in [-0.1, -0.05) is 11.6 Å². The van der Waals surface area contributed by atoms with Crippen LogP contribution in [0.5, 0.6) is 0 Å². The Labute approximate surface area is 118 Å². The molecular weight excluding hydrogens is 264 g/mol. The molecule has 0 unspecified atom stereocenters. The van der Waals surface area contributed by atoms with E-state index < -0.39 is 0 Å². The fraction of sp³-hybridized carbons (Fsp3) is 0.692. The van der Waals surface area contributed by atoms with Crippen molar-refractivity contribution in [1.82, 2.24) is 15.1 Å². The standard InChI is InChI=1S/C13H21ClN4O/c1-3-18-13(19)12(14)11(9-16-18)17-6-4-10(5-7-17)8-15-2/h9-10,15H,3-8H2,1-2H3. The van der Waals surface area contributed by atoms with Crippen LogP contribution in [0.15, 0.2) is 11.0 Å². The molecule has 2 heterocycles. The summed E-state index contributed by atoms with van der Waals surface area (Å²) < 4.78 is 1.39. The van der Waals surface area contributed by atoms with Crippen molar-refractivity contribution >= 4 is 17.3 Å². The Morgan fingerprint density at radius 1 is 1.47 bits per heavy atom. The summed E-state index contributed by atoms with van der Waals surface area (Å²) in [6.07, 6.45) is 3.95. The zero-order valence-electron chi connectivity index (χ0n) is 11.5. The topological polar surface area (TPSA) is 50.2 Å². The highest BCUT2D eigenvalue weighted by Gasteiger charge is 2.22. The number of hydrogen-bond acceptors (Lipinski definition) is 4. The van der Waals surface area contributed by atoms with E-state index in [4.69, 9.17) is 11.6 Å². The number of piperidine rings is 1. The number of halogens is 1. The van der Waals surface area contributed by atoms with Crippen molar-refractivity contribution in [3.63, 3.8) is 0 Å². The predicted molar refractivity (Wildman–Crippen MR) is 78.0 cm³/mol. The highest BCUT2D eigenvalue weighted by Crippen LogP contribution is 2.26. The minimum absolute atomic E-state index is 0.195. The Morgan fingerprint density at radius 3 is 2.74 bits per heavy atom. The van der Waals surface area contributed by atoms with Crippen molar-refractivity contribution in [3.8, 4) is 0 Å². The molecule has 0 saturated carbocycles. The van der Waals surface area contributed by atoms with E-state index in [-0.39, 0.29) is 5.56 Å². The Kier molecular flexibility index (Phi) is 4.82. The number of rotatable bonds is 4. The first-order valence-electron chi connectivity index (χ1n) is 6.82. The summed E-state index contributed by atoms with van der Waals surface area (Å²) in [5.41, 5.74) is 0.582. The maximum Gasteiger partial charge on any atom is 0.287 e. The van der Waals surface area contributed by atoms with E-state index in [1.807, 2.05) is 14.0 Å². The summed E-state index contributed by atoms with van der Waals surface area (Å²) in [6.45, 7) is 5.35. The van der Waals surface area contributed by atoms with E-state index in [0.717, 1.165) is 38.2 Å². The van der Waals surface area contributed by atoms with Gasteiger partial charge in [-0.3, -0.25) is 4.79 Å². The van der Waals surface area contributed by atoms with E-state index in [2.05, 4.69) is 15.3 Å². The first-order chi connectivity index (χ1) is 9.17. The third kappa shape index (κ3) is 3.09. The van der Waals surface area contributed by atoms with Gasteiger partial charge in [0.25, 0.3) is 5.56 Å². The summed E-state index contributed by atoms with van der Waals surface area (Å²) in [5, 5.41) is 7.67. The average Bonchev–Trinajstić information content (AvgIpc) is 2.43. The fourth-order valence-electron chi connectivity index (χ4n) is 2.57. The summed E-state index contributed by atoms with van der Waals surface area (Å²) in [5.74, 6) is 0.712. The molecule has 0 aliphatic carbocycles. The molecule has 5 nitrogen and oxygen atoms in total. The molecule has 1 N–H and O–H groups in total. The van der Waals surface area contributed by atoms with Gasteiger partial charge >= 0.3 is 0 Å². The summed E-state index contributed by atoms with van der Waals surface area (Å²) in [6, 6.07) is 0. The molecule has 0 radical (unpaired) electrons. The van der Waals surface area contributed by atoms with Crippen molar-refractivity contribution in [2.24, 2.45) is 5.92 Å². The summed E-state index contributed by atoms with van der Waals surface area (Å²) in [7, 11) is 1.98. The van der Waals surface area contributed by atoms with Crippen molar-refractivity contribution in [1.29, 1.82) is 0 Å². The molecule has 0 aromatic carbocycles. The maximum atomic E-state index is 12.0. The van der Waals surface area contributed by atoms with Crippen molar-refractivity contribution < 1.29 is 0 Å². The summed E-state index contributed by atoms with van der Waals surface area (Å²) in [4.78, 5) is 14.1. The van der Waals surface area contributed by atoms with Crippen LogP contribution in [0.2, 0.25) is 5.02 Å². The quantitative estimate of drug-likeness (QED) is 0.907. The van der Waals surface area contributed by atoms with Crippen molar-refractivity contribution in [2.75, 3.05) is 31.6 Å². The molecule has 1 aliphatic heterocycles. The molecule has 1 aliphatic rings. The molecule has 1 fully saturated rings. The molecule has 1 aromatic rings. The Balaban J connectivity index is 2.12. The lowest BCUT2D eigenvalue weighted by molar-refractivity contribution is 0.393. The Bertz CT molecular complexity index is 480. The molecular formula is C13H21ClN4O. The number of aromatic nitrogens is 2. The molecule has 2 rings (SSSR count). The molecule has 0 amide bonds. The number of aryl methyl sites for hydroxylation is 1. The molecule has 0 spiro atoms. The van der Waals surface area contributed by atoms with Crippen molar-refractivity contribution in [2.45, 2.75) is 26.3 Å². The second-order valence-corrected chi connectivity index (χ2v) is 5.33. The van der Waals surface area contributed by atoms with Crippen LogP contribution >= 0.6 is 11.6 Å². The minimum atomic E-state index is -0.195. The molecule has 6 heteroatoms. The fourth-order valence-corrected chi connectivity index (χ4v) is 2.83. The highest BCUT2D eigenvalue weighted by atomic mass is 35.5. The predicted octanol–water partition coefficient (Wildman–Crippen LogP) is 1.35. The lowest BCUT2D eigenvalue weighted by atomic mass is 9.96. The SMILES string of the molecule is CCn1ncc(N2CCC(CNC)CC2)c(Cl)c1=O. The van der Waals surface area contributed by atoms with Gasteiger partial charge in [-0.15, -0.1) is 0 Å². The molecule has 1 aromatic heterocycles. The maximum absolute atomic E-state index is 12.0. The highest BCUT2D eigenvalue weighted by molar-refractivity contribution is 6.33. The third-order valence-corrected chi connectivity index (χ3v) is 4.07. The number of nitrogens with one attached hydrogen (secondary N) is 1. The van der Waals surface area contributed by atoms with E-state index in [1.165, 1.54) is 4.68 Å². The van der Waals surface area contributed by atoms with E-state index in [0.29, 0.717) is 17.5 Å². The average molecular weight is 285 g/mol. The zero-order valence-corrected chi connectivity index (χ0v) is 12.3. The zero-order chi connectivity index (χ0) is 13.8. The van der Waals surface area contributed by atoms with Gasteiger partial charge in [0.15, 0.2) is 0 Å². The van der Waals surface area contributed by atoms with Gasteiger partial charge in [-0.2, -0.15) is 5.10 Å². The van der Waals surface area contributed by atoms with E-state index >= 15 is 0 Å². The second-order valence-electron chi connectivity index (χ2n) is 4.95. The first kappa shape index (κ1) is 14.3. The van der Waals surface area contributed by atoms with Gasteiger partial charge in [0.05, 0.1) is 11.9 Å². The monoisotopic (exact) mass is 284 g/mol. The largest absolute Gasteiger partial charge is 0.369 e. The molecule has 1 saturated heterocycles. The van der Waals surface area contributed by atoms with E-state index in [9.17, 15) is 4.79 Å². The lowest BCUT2D eigenvalue weighted by Crippen LogP contribution is -2.38. The third-order valence-electron chi connectivity index (χ3n) is 3.71. The second kappa shape index (κ2) is 6.39. The van der Waals surface area contributed by atoms with Crippen LogP contribution in [0.3, 0.4) is 0 Å². The molecule has 106 valence electrons. The van der Waals surface area contributed by atoms with Gasteiger partial charge in [-0.05, 0) is 39.3 Å². The van der Waals surface area contributed by atoms with Crippen LogP contribution in [0.1, 0.15) is 19.8 Å².